The minimum Gasteiger partial charge on any atom is -0.482 e. The van der Waals surface area contributed by atoms with Gasteiger partial charge in [0.15, 0.2) is 0 Å². The molecule has 0 aliphatic rings. The Balaban J connectivity index is 2.19. The number of unbranched alkanes of at least 4 members (excludes halogenated alkanes) is 6. The second-order valence-electron chi connectivity index (χ2n) is 8.74. The summed E-state index contributed by atoms with van der Waals surface area (Å²) in [5, 5.41) is 2.65. The van der Waals surface area contributed by atoms with E-state index in [0.29, 0.717) is 0 Å². The second kappa shape index (κ2) is 16.4. The summed E-state index contributed by atoms with van der Waals surface area (Å²) < 4.78 is 7.09. The Kier molecular flexibility index (Phi) is 13.7. The molecule has 0 spiro atoms. The summed E-state index contributed by atoms with van der Waals surface area (Å²) in [6, 6.07) is 21.6. The van der Waals surface area contributed by atoms with E-state index in [0.717, 1.165) is 12.8 Å². The Morgan fingerprint density at radius 1 is 0.645 bits per heavy atom. The van der Waals surface area contributed by atoms with E-state index in [1.54, 1.807) is 0 Å². The highest BCUT2D eigenvalue weighted by Crippen LogP contribution is 2.31. The molecule has 0 saturated carbocycles. The average molecular weight is 438 g/mol. The van der Waals surface area contributed by atoms with Gasteiger partial charge in [0.2, 0.25) is 0 Å². The van der Waals surface area contributed by atoms with E-state index >= 15 is 0 Å². The summed E-state index contributed by atoms with van der Waals surface area (Å²) in [4.78, 5) is 2.45. The van der Waals surface area contributed by atoms with Crippen LogP contribution in [0.1, 0.15) is 85.0 Å². The summed E-state index contributed by atoms with van der Waals surface area (Å²) in [5.74, 6) is 0. The fourth-order valence-corrected chi connectivity index (χ4v) is 7.01. The first kappa shape index (κ1) is 26.0. The van der Waals surface area contributed by atoms with Gasteiger partial charge in [-0.1, -0.05) is 126 Å². The molecule has 0 amide bonds. The van der Waals surface area contributed by atoms with Gasteiger partial charge in [-0.2, -0.15) is 0 Å². The topological polar surface area (TPSA) is 12.5 Å². The highest BCUT2D eigenvalue weighted by atomic mass is 27.2. The molecule has 2 rings (SSSR count). The van der Waals surface area contributed by atoms with E-state index in [1.807, 2.05) is 0 Å². The Labute approximate surface area is 196 Å². The Bertz CT molecular complexity index is 612. The van der Waals surface area contributed by atoms with E-state index in [1.165, 1.54) is 73.3 Å². The van der Waals surface area contributed by atoms with Crippen LogP contribution in [-0.2, 0) is 3.79 Å². The third-order valence-corrected chi connectivity index (χ3v) is 8.80. The third kappa shape index (κ3) is 9.82. The van der Waals surface area contributed by atoms with E-state index in [9.17, 15) is 0 Å². The lowest BCUT2D eigenvalue weighted by atomic mass is 10.2. The van der Waals surface area contributed by atoms with Gasteiger partial charge in [0.25, 0.3) is 0 Å². The van der Waals surface area contributed by atoms with Gasteiger partial charge in [-0.25, -0.2) is 0 Å². The van der Waals surface area contributed by atoms with Crippen molar-refractivity contribution in [1.82, 2.24) is 0 Å². The van der Waals surface area contributed by atoms with Crippen molar-refractivity contribution in [3.05, 3.63) is 60.7 Å². The molecule has 2 aromatic carbocycles. The van der Waals surface area contributed by atoms with Crippen LogP contribution in [0.2, 0.25) is 10.6 Å². The van der Waals surface area contributed by atoms with Crippen LogP contribution in [0.3, 0.4) is 0 Å². The first-order valence-corrected chi connectivity index (χ1v) is 14.9. The molecule has 0 bridgehead atoms. The molecular formula is C28H44AlNO. The number of anilines is 2. The van der Waals surface area contributed by atoms with Crippen LogP contribution in [0, 0.1) is 0 Å². The number of nitrogens with zero attached hydrogens (tertiary/aromatic N) is 1. The van der Waals surface area contributed by atoms with Gasteiger partial charge in [-0.3, -0.25) is 0 Å². The standard InChI is InChI=1S/C16H18NO.2C6H13.Al/c1-2-9-16(18)17(14-10-5-3-6-11-14)15-12-7-4-8-13-15;2*1-3-5-6-4-2;/h3-8,10-13,16H,2,9H2,1H3;2*1,3-6H2,2H3;/q-1;;;+1. The zero-order valence-electron chi connectivity index (χ0n) is 20.3. The van der Waals surface area contributed by atoms with E-state index < -0.39 is 14.5 Å². The lowest BCUT2D eigenvalue weighted by molar-refractivity contribution is 0.193. The maximum Gasteiger partial charge on any atom is 0.462 e. The molecule has 0 fully saturated rings. The molecule has 0 radical (unpaired) electrons. The molecule has 2 aromatic rings. The van der Waals surface area contributed by atoms with Crippen LogP contribution in [0.15, 0.2) is 60.7 Å². The maximum absolute atomic E-state index is 7.09. The number of para-hydroxylation sites is 2. The second-order valence-corrected chi connectivity index (χ2v) is 11.4. The molecule has 0 saturated heterocycles. The van der Waals surface area contributed by atoms with Gasteiger partial charge < -0.3 is 8.69 Å². The molecule has 1 atom stereocenters. The lowest BCUT2D eigenvalue weighted by Crippen LogP contribution is -2.38. The molecule has 31 heavy (non-hydrogen) atoms. The maximum atomic E-state index is 7.09. The SMILES string of the molecule is CCCCC[CH2][Al]([CH2]CCCCC)[O]C(CCC)N(c1ccccc1)c1ccccc1. The quantitative estimate of drug-likeness (QED) is 0.139. The number of hydrogen-bond acceptors (Lipinski definition) is 2. The molecule has 2 nitrogen and oxygen atoms in total. The fraction of sp³-hybridized carbons (Fsp3) is 0.571. The molecule has 0 aliphatic heterocycles. The molecule has 0 heterocycles. The van der Waals surface area contributed by atoms with Crippen molar-refractivity contribution < 1.29 is 3.79 Å². The highest BCUT2D eigenvalue weighted by Gasteiger charge is 2.28. The number of rotatable bonds is 17. The molecular weight excluding hydrogens is 393 g/mol. The molecule has 0 aromatic heterocycles. The van der Waals surface area contributed by atoms with Crippen molar-refractivity contribution in [3.8, 4) is 0 Å². The molecule has 1 unspecified atom stereocenters. The summed E-state index contributed by atoms with van der Waals surface area (Å²) in [7, 11) is 0. The van der Waals surface area contributed by atoms with Crippen molar-refractivity contribution in [2.45, 2.75) is 102 Å². The van der Waals surface area contributed by atoms with Crippen LogP contribution in [-0.4, -0.2) is 20.7 Å². The van der Waals surface area contributed by atoms with Gasteiger partial charge in [0, 0.05) is 11.4 Å². The van der Waals surface area contributed by atoms with Crippen molar-refractivity contribution in [2.24, 2.45) is 0 Å². The van der Waals surface area contributed by atoms with E-state index in [-0.39, 0.29) is 6.23 Å². The Morgan fingerprint density at radius 2 is 1.13 bits per heavy atom. The zero-order valence-corrected chi connectivity index (χ0v) is 21.4. The predicted molar refractivity (Wildman–Crippen MR) is 138 cm³/mol. The smallest absolute Gasteiger partial charge is 0.462 e. The van der Waals surface area contributed by atoms with Gasteiger partial charge in [0.1, 0.15) is 6.23 Å². The summed E-state index contributed by atoms with van der Waals surface area (Å²) in [6.45, 7) is 6.87. The van der Waals surface area contributed by atoms with Crippen molar-refractivity contribution in [2.75, 3.05) is 4.90 Å². The lowest BCUT2D eigenvalue weighted by Gasteiger charge is -2.36. The third-order valence-electron chi connectivity index (χ3n) is 6.00. The van der Waals surface area contributed by atoms with Crippen molar-refractivity contribution in [1.29, 1.82) is 0 Å². The molecule has 0 aliphatic carbocycles. The van der Waals surface area contributed by atoms with Gasteiger partial charge in [-0.05, 0) is 30.7 Å². The Hall–Kier alpha value is -1.27. The average Bonchev–Trinajstić information content (AvgIpc) is 2.81. The monoisotopic (exact) mass is 437 g/mol. The number of benzene rings is 2. The fourth-order valence-electron chi connectivity index (χ4n) is 4.26. The van der Waals surface area contributed by atoms with Crippen molar-refractivity contribution in [3.63, 3.8) is 0 Å². The van der Waals surface area contributed by atoms with Gasteiger partial charge >= 0.3 is 14.5 Å². The summed E-state index contributed by atoms with van der Waals surface area (Å²) in [5.41, 5.74) is 2.47. The number of hydrogen-bond donors (Lipinski definition) is 0. The van der Waals surface area contributed by atoms with Gasteiger partial charge in [0.05, 0.1) is 0 Å². The predicted octanol–water partition coefficient (Wildman–Crippen LogP) is 9.12. The van der Waals surface area contributed by atoms with Crippen LogP contribution < -0.4 is 4.90 Å². The molecule has 3 heteroatoms. The first-order chi connectivity index (χ1) is 15.3. The largest absolute Gasteiger partial charge is 0.482 e. The van der Waals surface area contributed by atoms with Gasteiger partial charge in [-0.15, -0.1) is 0 Å². The van der Waals surface area contributed by atoms with Crippen LogP contribution in [0.5, 0.6) is 0 Å². The normalized spacial score (nSPS) is 12.0. The highest BCUT2D eigenvalue weighted by molar-refractivity contribution is 6.51. The zero-order chi connectivity index (χ0) is 22.2. The summed E-state index contributed by atoms with van der Waals surface area (Å²) >= 11 is -1.25. The van der Waals surface area contributed by atoms with Crippen molar-refractivity contribution >= 4 is 25.9 Å². The van der Waals surface area contributed by atoms with Crippen LogP contribution >= 0.6 is 0 Å². The Morgan fingerprint density at radius 3 is 1.55 bits per heavy atom. The minimum absolute atomic E-state index is 0.129. The van der Waals surface area contributed by atoms with E-state index in [4.69, 9.17) is 3.79 Å². The summed E-state index contributed by atoms with van der Waals surface area (Å²) in [6.07, 6.45) is 13.0. The molecule has 0 N–H and O–H groups in total. The first-order valence-electron chi connectivity index (χ1n) is 12.8. The van der Waals surface area contributed by atoms with Crippen LogP contribution in [0.25, 0.3) is 0 Å². The minimum atomic E-state index is -1.25. The van der Waals surface area contributed by atoms with E-state index in [2.05, 4.69) is 86.3 Å². The molecule has 170 valence electrons. The van der Waals surface area contributed by atoms with Crippen LogP contribution in [0.4, 0.5) is 11.4 Å².